The Hall–Kier alpha value is -2.09. The van der Waals surface area contributed by atoms with Crippen molar-refractivity contribution in [1.29, 1.82) is 0 Å². The van der Waals surface area contributed by atoms with E-state index in [0.29, 0.717) is 5.56 Å². The van der Waals surface area contributed by atoms with Gasteiger partial charge in [0.2, 0.25) is 0 Å². The van der Waals surface area contributed by atoms with Crippen molar-refractivity contribution in [1.82, 2.24) is 5.32 Å². The van der Waals surface area contributed by atoms with Crippen LogP contribution < -0.4 is 5.32 Å². The summed E-state index contributed by atoms with van der Waals surface area (Å²) >= 11 is 0. The van der Waals surface area contributed by atoms with Gasteiger partial charge in [-0.2, -0.15) is 0 Å². The van der Waals surface area contributed by atoms with Gasteiger partial charge < -0.3 is 0 Å². The van der Waals surface area contributed by atoms with Crippen LogP contribution in [0.2, 0.25) is 0 Å². The van der Waals surface area contributed by atoms with Gasteiger partial charge in [0.25, 0.3) is 5.91 Å². The molecule has 2 aromatic carbocycles. The first-order valence-corrected chi connectivity index (χ1v) is 6.16. The molecular weight excluding hydrogens is 222 g/mol. The predicted octanol–water partition coefficient (Wildman–Crippen LogP) is 3.58. The maximum absolute atomic E-state index is 12.0. The van der Waals surface area contributed by atoms with E-state index >= 15 is 0 Å². The molecule has 0 aliphatic carbocycles. The van der Waals surface area contributed by atoms with Crippen molar-refractivity contribution in [2.75, 3.05) is 0 Å². The topological polar surface area (TPSA) is 31.2 Å². The summed E-state index contributed by atoms with van der Waals surface area (Å²) in [4.78, 5) is 12.0. The Labute approximate surface area is 108 Å². The Bertz CT molecular complexity index is 493. The van der Waals surface area contributed by atoms with Crippen LogP contribution in [0, 0.1) is 0 Å². The molecule has 2 rings (SSSR count). The molecule has 0 saturated carbocycles. The third kappa shape index (κ3) is 2.98. The lowest BCUT2D eigenvalue weighted by atomic mass is 10.0. The van der Waals surface area contributed by atoms with Gasteiger partial charge in [0.1, 0.15) is 0 Å². The van der Waals surface area contributed by atoms with Crippen molar-refractivity contribution < 1.29 is 4.79 Å². The second-order valence-electron chi connectivity index (χ2n) is 4.14. The van der Waals surface area contributed by atoms with Crippen LogP contribution in [0.3, 0.4) is 0 Å². The molecule has 0 saturated heterocycles. The molecule has 0 spiro atoms. The number of hydrogen-bond donors (Lipinski definition) is 0. The third-order valence-corrected chi connectivity index (χ3v) is 2.86. The summed E-state index contributed by atoms with van der Waals surface area (Å²) < 4.78 is 0. The van der Waals surface area contributed by atoms with Gasteiger partial charge in [0.05, 0.1) is 6.04 Å². The van der Waals surface area contributed by atoms with E-state index in [1.807, 2.05) is 55.5 Å². The normalized spacial score (nSPS) is 11.8. The lowest BCUT2D eigenvalue weighted by Crippen LogP contribution is -2.20. The minimum absolute atomic E-state index is 0.0566. The maximum atomic E-state index is 12.0. The van der Waals surface area contributed by atoms with Crippen LogP contribution >= 0.6 is 0 Å². The molecule has 0 N–H and O–H groups in total. The van der Waals surface area contributed by atoms with Gasteiger partial charge in [-0.3, -0.25) is 4.79 Å². The van der Waals surface area contributed by atoms with Gasteiger partial charge in [-0.1, -0.05) is 55.5 Å². The van der Waals surface area contributed by atoms with Crippen molar-refractivity contribution in [3.8, 4) is 0 Å². The Kier molecular flexibility index (Phi) is 4.13. The highest BCUT2D eigenvalue weighted by Crippen LogP contribution is 2.18. The van der Waals surface area contributed by atoms with E-state index in [1.54, 1.807) is 12.1 Å². The average molecular weight is 238 g/mol. The van der Waals surface area contributed by atoms with Crippen molar-refractivity contribution in [2.45, 2.75) is 19.4 Å². The average Bonchev–Trinajstić information content (AvgIpc) is 2.46. The van der Waals surface area contributed by atoms with Gasteiger partial charge in [0, 0.05) is 5.56 Å². The van der Waals surface area contributed by atoms with E-state index in [2.05, 4.69) is 5.32 Å². The molecule has 1 amide bonds. The zero-order valence-corrected chi connectivity index (χ0v) is 10.4. The van der Waals surface area contributed by atoms with Gasteiger partial charge in [-0.15, -0.1) is 0 Å². The first-order chi connectivity index (χ1) is 8.81. The number of carbonyl (C=O) groups excluding carboxylic acids is 1. The van der Waals surface area contributed by atoms with Gasteiger partial charge >= 0.3 is 0 Å². The van der Waals surface area contributed by atoms with Crippen molar-refractivity contribution in [2.24, 2.45) is 0 Å². The van der Waals surface area contributed by atoms with Crippen LogP contribution in [0.15, 0.2) is 60.7 Å². The van der Waals surface area contributed by atoms with Crippen LogP contribution in [-0.4, -0.2) is 5.91 Å². The second kappa shape index (κ2) is 6.01. The van der Waals surface area contributed by atoms with Gasteiger partial charge in [-0.05, 0) is 24.1 Å². The molecule has 0 fully saturated rings. The summed E-state index contributed by atoms with van der Waals surface area (Å²) in [5.41, 5.74) is 1.73. The fourth-order valence-electron chi connectivity index (χ4n) is 1.87. The lowest BCUT2D eigenvalue weighted by Gasteiger charge is -2.14. The Morgan fingerprint density at radius 3 is 2.11 bits per heavy atom. The fraction of sp³-hybridized carbons (Fsp3) is 0.188. The zero-order chi connectivity index (χ0) is 12.8. The first kappa shape index (κ1) is 12.4. The Morgan fingerprint density at radius 2 is 1.56 bits per heavy atom. The van der Waals surface area contributed by atoms with Gasteiger partial charge in [-0.25, -0.2) is 5.32 Å². The van der Waals surface area contributed by atoms with Crippen LogP contribution in [0.4, 0.5) is 0 Å². The number of hydrogen-bond acceptors (Lipinski definition) is 1. The molecule has 0 aromatic heterocycles. The lowest BCUT2D eigenvalue weighted by molar-refractivity contribution is 0.0930. The van der Waals surface area contributed by atoms with E-state index in [4.69, 9.17) is 0 Å². The SMILES string of the molecule is CCC([N]C(=O)c1ccccc1)c1ccccc1. The number of rotatable bonds is 4. The van der Waals surface area contributed by atoms with Crippen LogP contribution in [0.25, 0.3) is 0 Å². The van der Waals surface area contributed by atoms with Crippen LogP contribution in [0.5, 0.6) is 0 Å². The largest absolute Gasteiger partial charge is 0.273 e. The van der Waals surface area contributed by atoms with E-state index in [0.717, 1.165) is 12.0 Å². The molecular formula is C16H16NO. The summed E-state index contributed by atoms with van der Waals surface area (Å²) in [5, 5.41) is 4.30. The molecule has 2 heteroatoms. The molecule has 0 bridgehead atoms. The summed E-state index contributed by atoms with van der Waals surface area (Å²) in [7, 11) is 0. The van der Waals surface area contributed by atoms with Crippen molar-refractivity contribution >= 4 is 5.91 Å². The first-order valence-electron chi connectivity index (χ1n) is 6.16. The Morgan fingerprint density at radius 1 is 1.00 bits per heavy atom. The molecule has 0 aliphatic heterocycles. The monoisotopic (exact) mass is 238 g/mol. The minimum Gasteiger partial charge on any atom is -0.267 e. The van der Waals surface area contributed by atoms with E-state index in [-0.39, 0.29) is 11.9 Å². The van der Waals surface area contributed by atoms with Crippen molar-refractivity contribution in [3.63, 3.8) is 0 Å². The summed E-state index contributed by atoms with van der Waals surface area (Å²) in [6, 6.07) is 19.1. The van der Waals surface area contributed by atoms with Crippen LogP contribution in [0.1, 0.15) is 35.3 Å². The molecule has 1 radical (unpaired) electrons. The molecule has 91 valence electrons. The minimum atomic E-state index is -0.147. The zero-order valence-electron chi connectivity index (χ0n) is 10.4. The highest BCUT2D eigenvalue weighted by Gasteiger charge is 2.15. The summed E-state index contributed by atoms with van der Waals surface area (Å²) in [6.07, 6.45) is 0.822. The highest BCUT2D eigenvalue weighted by molar-refractivity contribution is 5.94. The highest BCUT2D eigenvalue weighted by atomic mass is 16.1. The molecule has 18 heavy (non-hydrogen) atoms. The molecule has 1 unspecified atom stereocenters. The van der Waals surface area contributed by atoms with Gasteiger partial charge in [0.15, 0.2) is 0 Å². The van der Waals surface area contributed by atoms with E-state index in [9.17, 15) is 4.79 Å². The molecule has 1 atom stereocenters. The standard InChI is InChI=1S/C16H16NO/c1-2-15(13-9-5-3-6-10-13)17-16(18)14-11-7-4-8-12-14/h3-12,15H,2H2,1H3. The van der Waals surface area contributed by atoms with Crippen molar-refractivity contribution in [3.05, 3.63) is 71.8 Å². The Balaban J connectivity index is 2.10. The summed E-state index contributed by atoms with van der Waals surface area (Å²) in [5.74, 6) is -0.147. The van der Waals surface area contributed by atoms with Crippen LogP contribution in [-0.2, 0) is 0 Å². The molecule has 0 heterocycles. The summed E-state index contributed by atoms with van der Waals surface area (Å²) in [6.45, 7) is 2.04. The quantitative estimate of drug-likeness (QED) is 0.801. The molecule has 2 nitrogen and oxygen atoms in total. The van der Waals surface area contributed by atoms with E-state index < -0.39 is 0 Å². The fourth-order valence-corrected chi connectivity index (χ4v) is 1.87. The second-order valence-corrected chi connectivity index (χ2v) is 4.14. The number of benzene rings is 2. The number of nitrogens with zero attached hydrogens (tertiary/aromatic N) is 1. The number of carbonyl (C=O) groups is 1. The maximum Gasteiger partial charge on any atom is 0.273 e. The molecule has 0 aliphatic rings. The molecule has 2 aromatic rings. The van der Waals surface area contributed by atoms with E-state index in [1.165, 1.54) is 0 Å². The predicted molar refractivity (Wildman–Crippen MR) is 72.4 cm³/mol. The third-order valence-electron chi connectivity index (χ3n) is 2.86. The number of amides is 1. The smallest absolute Gasteiger partial charge is 0.267 e.